The molecule has 0 fully saturated rings. The minimum Gasteiger partial charge on any atom is -0.359 e. The highest BCUT2D eigenvalue weighted by Crippen LogP contribution is 2.25. The predicted octanol–water partition coefficient (Wildman–Crippen LogP) is 4.02. The topological polar surface area (TPSA) is 101 Å². The number of nitrogens with zero attached hydrogens (tertiary/aromatic N) is 1. The lowest BCUT2D eigenvalue weighted by Crippen LogP contribution is -2.23. The van der Waals surface area contributed by atoms with Gasteiger partial charge >= 0.3 is 0 Å². The Hall–Kier alpha value is -2.55. The summed E-state index contributed by atoms with van der Waals surface area (Å²) in [6, 6.07) is 11.8. The lowest BCUT2D eigenvalue weighted by atomic mass is 10.2. The lowest BCUT2D eigenvalue weighted by Gasteiger charge is -2.11. The standard InChI is InChI=1S/C18H15Cl2N3O4S/c1-11-8-15(27-22-11)10-21-18(24)12-2-7-16(20)17(9-12)28(25,26)23-14-5-3-13(19)4-6-14/h2-9,23H,10H2,1H3,(H,21,24). The second-order valence-electron chi connectivity index (χ2n) is 5.87. The molecule has 1 amide bonds. The van der Waals surface area contributed by atoms with Crippen molar-refractivity contribution in [1.82, 2.24) is 10.5 Å². The minimum atomic E-state index is -4.01. The first-order chi connectivity index (χ1) is 13.2. The fourth-order valence-electron chi connectivity index (χ4n) is 2.35. The number of carbonyl (C=O) groups excluding carboxylic acids is 1. The van der Waals surface area contributed by atoms with Gasteiger partial charge in [0.2, 0.25) is 0 Å². The number of rotatable bonds is 6. The Morgan fingerprint density at radius 1 is 1.11 bits per heavy atom. The summed E-state index contributed by atoms with van der Waals surface area (Å²) in [6.07, 6.45) is 0. The van der Waals surface area contributed by atoms with Crippen molar-refractivity contribution in [2.24, 2.45) is 0 Å². The maximum absolute atomic E-state index is 12.7. The summed E-state index contributed by atoms with van der Waals surface area (Å²) >= 11 is 11.9. The number of hydrogen-bond acceptors (Lipinski definition) is 5. The monoisotopic (exact) mass is 439 g/mol. The van der Waals surface area contributed by atoms with Gasteiger partial charge in [-0.25, -0.2) is 8.42 Å². The molecule has 10 heteroatoms. The number of anilines is 1. The van der Waals surface area contributed by atoms with E-state index in [-0.39, 0.29) is 22.0 Å². The van der Waals surface area contributed by atoms with Crippen molar-refractivity contribution in [2.75, 3.05) is 4.72 Å². The molecule has 2 N–H and O–H groups in total. The first-order valence-electron chi connectivity index (χ1n) is 8.03. The second kappa shape index (κ2) is 8.22. The molecule has 1 heterocycles. The third-order valence-corrected chi connectivity index (χ3v) is 5.79. The summed E-state index contributed by atoms with van der Waals surface area (Å²) < 4.78 is 32.8. The van der Waals surface area contributed by atoms with Gasteiger partial charge in [-0.2, -0.15) is 0 Å². The summed E-state index contributed by atoms with van der Waals surface area (Å²) in [5.74, 6) is 0.00530. The number of sulfonamides is 1. The van der Waals surface area contributed by atoms with Gasteiger partial charge in [0, 0.05) is 22.3 Å². The zero-order chi connectivity index (χ0) is 20.3. The molecule has 3 aromatic rings. The molecular formula is C18H15Cl2N3O4S. The van der Waals surface area contributed by atoms with Gasteiger partial charge in [-0.1, -0.05) is 28.4 Å². The third kappa shape index (κ3) is 4.83. The Morgan fingerprint density at radius 3 is 2.46 bits per heavy atom. The van der Waals surface area contributed by atoms with Crippen LogP contribution >= 0.6 is 23.2 Å². The van der Waals surface area contributed by atoms with Crippen LogP contribution in [0.1, 0.15) is 21.8 Å². The summed E-state index contributed by atoms with van der Waals surface area (Å²) in [7, 11) is -4.01. The van der Waals surface area contributed by atoms with Gasteiger partial charge < -0.3 is 9.84 Å². The molecular weight excluding hydrogens is 425 g/mol. The highest BCUT2D eigenvalue weighted by molar-refractivity contribution is 7.92. The molecule has 0 aliphatic rings. The highest BCUT2D eigenvalue weighted by atomic mass is 35.5. The van der Waals surface area contributed by atoms with Crippen molar-refractivity contribution in [2.45, 2.75) is 18.4 Å². The van der Waals surface area contributed by atoms with Gasteiger partial charge in [0.25, 0.3) is 15.9 Å². The van der Waals surface area contributed by atoms with Crippen LogP contribution in [0.3, 0.4) is 0 Å². The predicted molar refractivity (Wildman–Crippen MR) is 106 cm³/mol. The van der Waals surface area contributed by atoms with Gasteiger partial charge in [-0.15, -0.1) is 0 Å². The summed E-state index contributed by atoms with van der Waals surface area (Å²) in [5, 5.41) is 6.83. The van der Waals surface area contributed by atoms with Gasteiger partial charge in [-0.3, -0.25) is 9.52 Å². The second-order valence-corrected chi connectivity index (χ2v) is 8.37. The minimum absolute atomic E-state index is 0.0103. The van der Waals surface area contributed by atoms with E-state index in [1.165, 1.54) is 30.3 Å². The average molecular weight is 440 g/mol. The number of benzene rings is 2. The van der Waals surface area contributed by atoms with Crippen LogP contribution in [-0.4, -0.2) is 19.5 Å². The fourth-order valence-corrected chi connectivity index (χ4v) is 4.06. The van der Waals surface area contributed by atoms with Crippen molar-refractivity contribution in [3.63, 3.8) is 0 Å². The summed E-state index contributed by atoms with van der Waals surface area (Å²) in [6.45, 7) is 1.88. The molecule has 2 aromatic carbocycles. The van der Waals surface area contributed by atoms with Crippen molar-refractivity contribution in [1.29, 1.82) is 0 Å². The van der Waals surface area contributed by atoms with E-state index in [1.807, 2.05) is 0 Å². The normalized spacial score (nSPS) is 11.2. The SMILES string of the molecule is Cc1cc(CNC(=O)c2ccc(Cl)c(S(=O)(=O)Nc3ccc(Cl)cc3)c2)on1. The Bertz CT molecular complexity index is 1110. The Labute approximate surface area is 171 Å². The average Bonchev–Trinajstić information content (AvgIpc) is 3.07. The van der Waals surface area contributed by atoms with Crippen LogP contribution in [0.15, 0.2) is 57.9 Å². The molecule has 0 bridgehead atoms. The molecule has 28 heavy (non-hydrogen) atoms. The lowest BCUT2D eigenvalue weighted by molar-refractivity contribution is 0.0947. The van der Waals surface area contributed by atoms with Gasteiger partial charge in [-0.05, 0) is 49.4 Å². The van der Waals surface area contributed by atoms with E-state index in [2.05, 4.69) is 15.2 Å². The van der Waals surface area contributed by atoms with E-state index in [1.54, 1.807) is 25.1 Å². The molecule has 0 aliphatic carbocycles. The number of nitrogens with one attached hydrogen (secondary N) is 2. The van der Waals surface area contributed by atoms with Gasteiger partial charge in [0.1, 0.15) is 4.90 Å². The molecule has 0 atom stereocenters. The van der Waals surface area contributed by atoms with Crippen LogP contribution < -0.4 is 10.0 Å². The molecule has 0 saturated heterocycles. The molecule has 0 saturated carbocycles. The summed E-state index contributed by atoms with van der Waals surface area (Å²) in [4.78, 5) is 12.1. The Balaban J connectivity index is 1.79. The number of aryl methyl sites for hydroxylation is 1. The molecule has 0 spiro atoms. The van der Waals surface area contributed by atoms with E-state index >= 15 is 0 Å². The van der Waals surface area contributed by atoms with Crippen molar-refractivity contribution in [3.05, 3.63) is 75.6 Å². The van der Waals surface area contributed by atoms with Crippen molar-refractivity contribution in [3.8, 4) is 0 Å². The number of hydrogen-bond donors (Lipinski definition) is 2. The van der Waals surface area contributed by atoms with Crippen LogP contribution in [0.25, 0.3) is 0 Å². The van der Waals surface area contributed by atoms with Crippen molar-refractivity contribution >= 4 is 44.8 Å². The number of carbonyl (C=O) groups is 1. The van der Waals surface area contributed by atoms with E-state index < -0.39 is 15.9 Å². The van der Waals surface area contributed by atoms with Crippen LogP contribution in [0, 0.1) is 6.92 Å². The smallest absolute Gasteiger partial charge is 0.263 e. The van der Waals surface area contributed by atoms with E-state index in [9.17, 15) is 13.2 Å². The molecule has 0 aliphatic heterocycles. The molecule has 7 nitrogen and oxygen atoms in total. The first-order valence-corrected chi connectivity index (χ1v) is 10.3. The Kier molecular flexibility index (Phi) is 5.93. The van der Waals surface area contributed by atoms with Gasteiger partial charge in [0.15, 0.2) is 5.76 Å². The maximum Gasteiger partial charge on any atom is 0.263 e. The molecule has 0 radical (unpaired) electrons. The maximum atomic E-state index is 12.7. The fraction of sp³-hybridized carbons (Fsp3) is 0.111. The molecule has 0 unspecified atom stereocenters. The van der Waals surface area contributed by atoms with E-state index in [4.69, 9.17) is 27.7 Å². The van der Waals surface area contributed by atoms with Crippen LogP contribution in [0.2, 0.25) is 10.0 Å². The zero-order valence-corrected chi connectivity index (χ0v) is 16.9. The van der Waals surface area contributed by atoms with Crippen LogP contribution in [0.4, 0.5) is 5.69 Å². The largest absolute Gasteiger partial charge is 0.359 e. The molecule has 3 rings (SSSR count). The molecule has 146 valence electrons. The first kappa shape index (κ1) is 20.2. The van der Waals surface area contributed by atoms with Crippen molar-refractivity contribution < 1.29 is 17.7 Å². The number of halogens is 2. The van der Waals surface area contributed by atoms with Gasteiger partial charge in [0.05, 0.1) is 17.3 Å². The van der Waals surface area contributed by atoms with Crippen LogP contribution in [-0.2, 0) is 16.6 Å². The Morgan fingerprint density at radius 2 is 1.82 bits per heavy atom. The number of aromatic nitrogens is 1. The highest BCUT2D eigenvalue weighted by Gasteiger charge is 2.20. The zero-order valence-electron chi connectivity index (χ0n) is 14.6. The quantitative estimate of drug-likeness (QED) is 0.603. The molecule has 1 aromatic heterocycles. The van der Waals surface area contributed by atoms with E-state index in [0.29, 0.717) is 22.2 Å². The summed E-state index contributed by atoms with van der Waals surface area (Å²) in [5.41, 5.74) is 1.14. The third-order valence-electron chi connectivity index (χ3n) is 3.68. The van der Waals surface area contributed by atoms with E-state index in [0.717, 1.165) is 0 Å². The number of amides is 1. The van der Waals surface area contributed by atoms with Crippen LogP contribution in [0.5, 0.6) is 0 Å².